The first-order chi connectivity index (χ1) is 6.50. The van der Waals surface area contributed by atoms with Crippen molar-refractivity contribution in [2.75, 3.05) is 13.2 Å². The Labute approximate surface area is 86.4 Å². The van der Waals surface area contributed by atoms with E-state index in [4.69, 9.17) is 4.74 Å². The van der Waals surface area contributed by atoms with Crippen molar-refractivity contribution in [2.45, 2.75) is 46.3 Å². The maximum absolute atomic E-state index is 11.5. The van der Waals surface area contributed by atoms with Crippen molar-refractivity contribution in [2.24, 2.45) is 5.92 Å². The van der Waals surface area contributed by atoms with Gasteiger partial charge in [0.05, 0.1) is 12.5 Å². The molecule has 0 aromatic heterocycles. The Bertz CT molecular complexity index is 201. The first-order valence-electron chi connectivity index (χ1n) is 5.41. The number of carbonyl (C=O) groups excluding carboxylic acids is 1. The second-order valence-corrected chi connectivity index (χ2v) is 4.69. The second-order valence-electron chi connectivity index (χ2n) is 4.69. The summed E-state index contributed by atoms with van der Waals surface area (Å²) in [6.45, 7) is 9.85. The average Bonchev–Trinajstić information content (AvgIpc) is 2.43. The molecule has 0 bridgehead atoms. The number of ether oxygens (including phenoxy) is 1. The molecule has 1 saturated heterocycles. The van der Waals surface area contributed by atoms with Gasteiger partial charge in [0.2, 0.25) is 5.91 Å². The average molecular weight is 199 g/mol. The van der Waals surface area contributed by atoms with Crippen molar-refractivity contribution in [3.63, 3.8) is 0 Å². The highest BCUT2D eigenvalue weighted by molar-refractivity contribution is 5.79. The maximum atomic E-state index is 11.5. The van der Waals surface area contributed by atoms with E-state index in [1.165, 1.54) is 0 Å². The SMILES string of the molecule is CC(C)COC1CC(=O)N(C(C)C)C1. The summed E-state index contributed by atoms with van der Waals surface area (Å²) >= 11 is 0. The van der Waals surface area contributed by atoms with Gasteiger partial charge < -0.3 is 9.64 Å². The zero-order chi connectivity index (χ0) is 10.7. The van der Waals surface area contributed by atoms with Crippen LogP contribution in [0.1, 0.15) is 34.1 Å². The standard InChI is InChI=1S/C11H21NO2/c1-8(2)7-14-10-5-11(13)12(6-10)9(3)4/h8-10H,5-7H2,1-4H3. The zero-order valence-corrected chi connectivity index (χ0v) is 9.62. The molecule has 1 unspecified atom stereocenters. The summed E-state index contributed by atoms with van der Waals surface area (Å²) < 4.78 is 5.65. The molecule has 0 saturated carbocycles. The van der Waals surface area contributed by atoms with Crippen LogP contribution in [0.5, 0.6) is 0 Å². The molecule has 0 aromatic rings. The van der Waals surface area contributed by atoms with Crippen LogP contribution >= 0.6 is 0 Å². The van der Waals surface area contributed by atoms with Gasteiger partial charge in [0.15, 0.2) is 0 Å². The molecule has 1 rings (SSSR count). The lowest BCUT2D eigenvalue weighted by Crippen LogP contribution is -2.33. The number of nitrogens with zero attached hydrogens (tertiary/aromatic N) is 1. The second kappa shape index (κ2) is 4.78. The van der Waals surface area contributed by atoms with E-state index in [0.717, 1.165) is 13.2 Å². The molecule has 3 heteroatoms. The fourth-order valence-corrected chi connectivity index (χ4v) is 1.64. The van der Waals surface area contributed by atoms with Crippen LogP contribution in [0.4, 0.5) is 0 Å². The molecule has 1 aliphatic heterocycles. The lowest BCUT2D eigenvalue weighted by Gasteiger charge is -2.21. The molecule has 1 fully saturated rings. The van der Waals surface area contributed by atoms with Crippen LogP contribution in [0.3, 0.4) is 0 Å². The predicted molar refractivity (Wildman–Crippen MR) is 56.0 cm³/mol. The maximum Gasteiger partial charge on any atom is 0.225 e. The van der Waals surface area contributed by atoms with Gasteiger partial charge in [-0.1, -0.05) is 13.8 Å². The fourth-order valence-electron chi connectivity index (χ4n) is 1.64. The van der Waals surface area contributed by atoms with Crippen LogP contribution in [0, 0.1) is 5.92 Å². The summed E-state index contributed by atoms with van der Waals surface area (Å²) in [7, 11) is 0. The van der Waals surface area contributed by atoms with Crippen LogP contribution in [-0.2, 0) is 9.53 Å². The molecule has 3 nitrogen and oxygen atoms in total. The van der Waals surface area contributed by atoms with Crippen molar-refractivity contribution in [3.05, 3.63) is 0 Å². The van der Waals surface area contributed by atoms with Crippen molar-refractivity contribution in [1.29, 1.82) is 0 Å². The van der Waals surface area contributed by atoms with Crippen LogP contribution in [-0.4, -0.2) is 36.1 Å². The first-order valence-corrected chi connectivity index (χ1v) is 5.41. The Morgan fingerprint density at radius 2 is 2.07 bits per heavy atom. The van der Waals surface area contributed by atoms with E-state index in [1.807, 2.05) is 18.7 Å². The number of hydrogen-bond donors (Lipinski definition) is 0. The third kappa shape index (κ3) is 2.98. The fraction of sp³-hybridized carbons (Fsp3) is 0.909. The Balaban J connectivity index is 2.35. The molecule has 0 aliphatic carbocycles. The molecular weight excluding hydrogens is 178 g/mol. The van der Waals surface area contributed by atoms with Gasteiger partial charge in [-0.15, -0.1) is 0 Å². The molecule has 1 heterocycles. The van der Waals surface area contributed by atoms with Crippen molar-refractivity contribution in [3.8, 4) is 0 Å². The Hall–Kier alpha value is -0.570. The minimum absolute atomic E-state index is 0.118. The van der Waals surface area contributed by atoms with Crippen LogP contribution < -0.4 is 0 Å². The molecule has 14 heavy (non-hydrogen) atoms. The lowest BCUT2D eigenvalue weighted by molar-refractivity contribution is -0.129. The monoisotopic (exact) mass is 199 g/mol. The van der Waals surface area contributed by atoms with Gasteiger partial charge in [0.25, 0.3) is 0 Å². The van der Waals surface area contributed by atoms with Gasteiger partial charge in [-0.25, -0.2) is 0 Å². The number of hydrogen-bond acceptors (Lipinski definition) is 2. The van der Waals surface area contributed by atoms with Gasteiger partial charge in [-0.2, -0.15) is 0 Å². The molecule has 0 aromatic carbocycles. The van der Waals surface area contributed by atoms with E-state index in [9.17, 15) is 4.79 Å². The highest BCUT2D eigenvalue weighted by atomic mass is 16.5. The zero-order valence-electron chi connectivity index (χ0n) is 9.62. The van der Waals surface area contributed by atoms with Gasteiger partial charge in [0.1, 0.15) is 0 Å². The van der Waals surface area contributed by atoms with Crippen LogP contribution in [0.2, 0.25) is 0 Å². The summed E-state index contributed by atoms with van der Waals surface area (Å²) in [4.78, 5) is 13.4. The van der Waals surface area contributed by atoms with E-state index >= 15 is 0 Å². The molecule has 0 spiro atoms. The summed E-state index contributed by atoms with van der Waals surface area (Å²) in [5.41, 5.74) is 0. The van der Waals surface area contributed by atoms with Gasteiger partial charge in [-0.05, 0) is 19.8 Å². The Morgan fingerprint density at radius 3 is 2.50 bits per heavy atom. The van der Waals surface area contributed by atoms with Crippen molar-refractivity contribution >= 4 is 5.91 Å². The Morgan fingerprint density at radius 1 is 1.43 bits per heavy atom. The topological polar surface area (TPSA) is 29.5 Å². The molecular formula is C11H21NO2. The molecule has 1 atom stereocenters. The van der Waals surface area contributed by atoms with E-state index in [-0.39, 0.29) is 12.0 Å². The summed E-state index contributed by atoms with van der Waals surface area (Å²) in [6, 6.07) is 0.301. The molecule has 0 N–H and O–H groups in total. The number of likely N-dealkylation sites (tertiary alicyclic amines) is 1. The van der Waals surface area contributed by atoms with Crippen LogP contribution in [0.15, 0.2) is 0 Å². The number of carbonyl (C=O) groups is 1. The molecule has 1 aliphatic rings. The highest BCUT2D eigenvalue weighted by Crippen LogP contribution is 2.17. The smallest absolute Gasteiger partial charge is 0.225 e. The summed E-state index contributed by atoms with van der Waals surface area (Å²) in [6.07, 6.45) is 0.678. The molecule has 82 valence electrons. The third-order valence-electron chi connectivity index (χ3n) is 2.41. The van der Waals surface area contributed by atoms with Gasteiger partial charge in [-0.3, -0.25) is 4.79 Å². The quantitative estimate of drug-likeness (QED) is 0.689. The molecule has 0 radical (unpaired) electrons. The van der Waals surface area contributed by atoms with E-state index in [0.29, 0.717) is 18.4 Å². The van der Waals surface area contributed by atoms with E-state index in [1.54, 1.807) is 0 Å². The minimum atomic E-state index is 0.118. The molecule has 1 amide bonds. The third-order valence-corrected chi connectivity index (χ3v) is 2.41. The van der Waals surface area contributed by atoms with Crippen molar-refractivity contribution < 1.29 is 9.53 Å². The predicted octanol–water partition coefficient (Wildman–Crippen LogP) is 1.67. The van der Waals surface area contributed by atoms with E-state index < -0.39 is 0 Å². The summed E-state index contributed by atoms with van der Waals surface area (Å²) in [5, 5.41) is 0. The normalized spacial score (nSPS) is 22.9. The number of rotatable bonds is 4. The van der Waals surface area contributed by atoms with E-state index in [2.05, 4.69) is 13.8 Å². The first kappa shape index (κ1) is 11.5. The lowest BCUT2D eigenvalue weighted by atomic mass is 10.2. The van der Waals surface area contributed by atoms with Gasteiger partial charge >= 0.3 is 0 Å². The Kier molecular flexibility index (Phi) is 3.93. The summed E-state index contributed by atoms with van der Waals surface area (Å²) in [5.74, 6) is 0.770. The largest absolute Gasteiger partial charge is 0.376 e. The highest BCUT2D eigenvalue weighted by Gasteiger charge is 2.31. The van der Waals surface area contributed by atoms with Gasteiger partial charge in [0, 0.05) is 19.2 Å². The minimum Gasteiger partial charge on any atom is -0.376 e. The number of amides is 1. The van der Waals surface area contributed by atoms with Crippen molar-refractivity contribution in [1.82, 2.24) is 4.90 Å². The van der Waals surface area contributed by atoms with Crippen LogP contribution in [0.25, 0.3) is 0 Å².